The van der Waals surface area contributed by atoms with E-state index in [0.717, 1.165) is 12.8 Å². The monoisotopic (exact) mass is 188 g/mol. The molecular weight excluding hydrogens is 168 g/mol. The minimum absolute atomic E-state index is 0.0382. The van der Waals surface area contributed by atoms with E-state index in [1.807, 2.05) is 6.92 Å². The van der Waals surface area contributed by atoms with Crippen molar-refractivity contribution in [2.75, 3.05) is 26.2 Å². The summed E-state index contributed by atoms with van der Waals surface area (Å²) in [4.78, 5) is 13.1. The molecule has 0 aliphatic rings. The average molecular weight is 188 g/mol. The van der Waals surface area contributed by atoms with Crippen LogP contribution in [0.25, 0.3) is 0 Å². The zero-order valence-corrected chi connectivity index (χ0v) is 8.33. The number of nitrogens with zero attached hydrogens (tertiary/aromatic N) is 1. The minimum atomic E-state index is 0.0382. The summed E-state index contributed by atoms with van der Waals surface area (Å²) in [6, 6.07) is 0. The van der Waals surface area contributed by atoms with Crippen LogP contribution in [-0.4, -0.2) is 42.2 Å². The van der Waals surface area contributed by atoms with Crippen LogP contribution in [0.4, 0.5) is 0 Å². The molecule has 78 valence electrons. The molecule has 0 atom stereocenters. The highest BCUT2D eigenvalue weighted by atomic mass is 16.3. The number of nitrogens with two attached hydrogens (primary N) is 1. The third-order valence-corrected chi connectivity index (χ3v) is 1.95. The second-order valence-electron chi connectivity index (χ2n) is 2.94. The Kier molecular flexibility index (Phi) is 7.63. The molecule has 0 aromatic carbocycles. The largest absolute Gasteiger partial charge is 0.395 e. The smallest absolute Gasteiger partial charge is 0.222 e. The molecule has 4 nitrogen and oxygen atoms in total. The van der Waals surface area contributed by atoms with Gasteiger partial charge in [-0.05, 0) is 26.3 Å². The molecule has 0 heterocycles. The van der Waals surface area contributed by atoms with Gasteiger partial charge in [-0.1, -0.05) is 0 Å². The van der Waals surface area contributed by atoms with Gasteiger partial charge in [0.2, 0.25) is 5.91 Å². The fourth-order valence-electron chi connectivity index (χ4n) is 1.16. The number of carbonyl (C=O) groups excluding carboxylic acids is 1. The molecule has 1 amide bonds. The number of carbonyl (C=O) groups is 1. The summed E-state index contributed by atoms with van der Waals surface area (Å²) in [5.41, 5.74) is 5.32. The van der Waals surface area contributed by atoms with E-state index in [9.17, 15) is 4.79 Å². The number of unbranched alkanes of at least 4 members (excludes halogenated alkanes) is 1. The molecule has 0 aliphatic heterocycles. The molecule has 3 N–H and O–H groups in total. The summed E-state index contributed by atoms with van der Waals surface area (Å²) >= 11 is 0. The molecule has 13 heavy (non-hydrogen) atoms. The lowest BCUT2D eigenvalue weighted by molar-refractivity contribution is -0.131. The van der Waals surface area contributed by atoms with Crippen LogP contribution in [0.15, 0.2) is 0 Å². The Morgan fingerprint density at radius 3 is 2.62 bits per heavy atom. The average Bonchev–Trinajstić information content (AvgIpc) is 2.14. The molecule has 0 aromatic heterocycles. The van der Waals surface area contributed by atoms with Crippen LogP contribution in [0.3, 0.4) is 0 Å². The zero-order chi connectivity index (χ0) is 10.1. The number of aliphatic hydroxyl groups is 1. The van der Waals surface area contributed by atoms with E-state index in [-0.39, 0.29) is 12.5 Å². The third kappa shape index (κ3) is 5.60. The second-order valence-corrected chi connectivity index (χ2v) is 2.94. The van der Waals surface area contributed by atoms with Gasteiger partial charge in [0, 0.05) is 19.5 Å². The molecule has 0 spiro atoms. The summed E-state index contributed by atoms with van der Waals surface area (Å²) < 4.78 is 0. The van der Waals surface area contributed by atoms with Gasteiger partial charge in [-0.3, -0.25) is 4.79 Å². The van der Waals surface area contributed by atoms with E-state index in [1.165, 1.54) is 0 Å². The summed E-state index contributed by atoms with van der Waals surface area (Å²) in [6.45, 7) is 3.70. The van der Waals surface area contributed by atoms with Crippen LogP contribution in [-0.2, 0) is 4.79 Å². The molecule has 0 unspecified atom stereocenters. The first-order valence-electron chi connectivity index (χ1n) is 4.85. The van der Waals surface area contributed by atoms with E-state index >= 15 is 0 Å². The highest BCUT2D eigenvalue weighted by molar-refractivity contribution is 5.76. The number of likely N-dealkylation sites (N-methyl/N-ethyl adjacent to an activating group) is 1. The standard InChI is InChI=1S/C9H20N2O2/c1-2-11(7-8-12)9(13)5-3-4-6-10/h12H,2-8,10H2,1H3. The zero-order valence-electron chi connectivity index (χ0n) is 8.33. The molecule has 0 saturated carbocycles. The van der Waals surface area contributed by atoms with Gasteiger partial charge >= 0.3 is 0 Å². The van der Waals surface area contributed by atoms with Gasteiger partial charge in [-0.25, -0.2) is 0 Å². The topological polar surface area (TPSA) is 66.6 Å². The predicted molar refractivity (Wildman–Crippen MR) is 52.2 cm³/mol. The maximum absolute atomic E-state index is 11.4. The van der Waals surface area contributed by atoms with Crippen molar-refractivity contribution in [3.63, 3.8) is 0 Å². The van der Waals surface area contributed by atoms with Crippen LogP contribution in [0.2, 0.25) is 0 Å². The Bertz CT molecular complexity index is 140. The Hall–Kier alpha value is -0.610. The van der Waals surface area contributed by atoms with E-state index in [2.05, 4.69) is 0 Å². The van der Waals surface area contributed by atoms with E-state index in [4.69, 9.17) is 10.8 Å². The Morgan fingerprint density at radius 2 is 2.15 bits per heavy atom. The molecule has 0 radical (unpaired) electrons. The van der Waals surface area contributed by atoms with Gasteiger partial charge in [-0.2, -0.15) is 0 Å². The van der Waals surface area contributed by atoms with E-state index in [0.29, 0.717) is 26.1 Å². The highest BCUT2D eigenvalue weighted by Gasteiger charge is 2.09. The number of aliphatic hydroxyl groups excluding tert-OH is 1. The van der Waals surface area contributed by atoms with Crippen LogP contribution < -0.4 is 5.73 Å². The number of rotatable bonds is 7. The highest BCUT2D eigenvalue weighted by Crippen LogP contribution is 1.99. The summed E-state index contributed by atoms with van der Waals surface area (Å²) in [5.74, 6) is 0.116. The maximum Gasteiger partial charge on any atom is 0.222 e. The van der Waals surface area contributed by atoms with Crippen molar-refractivity contribution in [2.24, 2.45) is 5.73 Å². The van der Waals surface area contributed by atoms with Crippen molar-refractivity contribution in [3.05, 3.63) is 0 Å². The summed E-state index contributed by atoms with van der Waals surface area (Å²) in [5, 5.41) is 8.67. The van der Waals surface area contributed by atoms with Crippen LogP contribution >= 0.6 is 0 Å². The number of amides is 1. The predicted octanol–water partition coefficient (Wildman–Crippen LogP) is -0.0438. The first-order valence-corrected chi connectivity index (χ1v) is 4.85. The number of hydrogen-bond donors (Lipinski definition) is 2. The Morgan fingerprint density at radius 1 is 1.46 bits per heavy atom. The van der Waals surface area contributed by atoms with E-state index in [1.54, 1.807) is 4.90 Å². The summed E-state index contributed by atoms with van der Waals surface area (Å²) in [6.07, 6.45) is 2.28. The fraction of sp³-hybridized carbons (Fsp3) is 0.889. The van der Waals surface area contributed by atoms with Crippen LogP contribution in [0.1, 0.15) is 26.2 Å². The van der Waals surface area contributed by atoms with Crippen LogP contribution in [0, 0.1) is 0 Å². The Labute approximate surface area is 79.7 Å². The molecule has 0 aromatic rings. The lowest BCUT2D eigenvalue weighted by Crippen LogP contribution is -2.33. The van der Waals surface area contributed by atoms with Gasteiger partial charge in [0.1, 0.15) is 0 Å². The SMILES string of the molecule is CCN(CCO)C(=O)CCCCN. The maximum atomic E-state index is 11.4. The lowest BCUT2D eigenvalue weighted by Gasteiger charge is -2.19. The molecule has 0 saturated heterocycles. The Balaban J connectivity index is 3.64. The first kappa shape index (κ1) is 12.4. The van der Waals surface area contributed by atoms with E-state index < -0.39 is 0 Å². The van der Waals surface area contributed by atoms with Gasteiger partial charge < -0.3 is 15.7 Å². The second kappa shape index (κ2) is 8.01. The summed E-state index contributed by atoms with van der Waals surface area (Å²) in [7, 11) is 0. The quantitative estimate of drug-likeness (QED) is 0.551. The fourth-order valence-corrected chi connectivity index (χ4v) is 1.16. The molecule has 0 bridgehead atoms. The van der Waals surface area contributed by atoms with Crippen molar-refractivity contribution in [3.8, 4) is 0 Å². The normalized spacial score (nSPS) is 10.1. The van der Waals surface area contributed by atoms with Gasteiger partial charge in [0.05, 0.1) is 6.61 Å². The minimum Gasteiger partial charge on any atom is -0.395 e. The van der Waals surface area contributed by atoms with Crippen LogP contribution in [0.5, 0.6) is 0 Å². The van der Waals surface area contributed by atoms with Crippen molar-refractivity contribution in [2.45, 2.75) is 26.2 Å². The first-order chi connectivity index (χ1) is 6.26. The van der Waals surface area contributed by atoms with Crippen molar-refractivity contribution in [1.29, 1.82) is 0 Å². The molecule has 4 heteroatoms. The van der Waals surface area contributed by atoms with Gasteiger partial charge in [0.15, 0.2) is 0 Å². The van der Waals surface area contributed by atoms with Gasteiger partial charge in [-0.15, -0.1) is 0 Å². The molecule has 0 fully saturated rings. The van der Waals surface area contributed by atoms with Crippen molar-refractivity contribution in [1.82, 2.24) is 4.90 Å². The lowest BCUT2D eigenvalue weighted by atomic mass is 10.2. The number of hydrogen-bond acceptors (Lipinski definition) is 3. The molecule has 0 aliphatic carbocycles. The molecule has 0 rings (SSSR count). The molecular formula is C9H20N2O2. The van der Waals surface area contributed by atoms with Gasteiger partial charge in [0.25, 0.3) is 0 Å². The van der Waals surface area contributed by atoms with Crippen molar-refractivity contribution < 1.29 is 9.90 Å². The van der Waals surface area contributed by atoms with Crippen molar-refractivity contribution >= 4 is 5.91 Å². The third-order valence-electron chi connectivity index (χ3n) is 1.95.